The van der Waals surface area contributed by atoms with Gasteiger partial charge in [-0.1, -0.05) is 0 Å². The molecule has 2 rings (SSSR count). The van der Waals surface area contributed by atoms with Crippen LogP contribution in [0.4, 0.5) is 0 Å². The predicted octanol–water partition coefficient (Wildman–Crippen LogP) is 2.81. The zero-order valence-corrected chi connectivity index (χ0v) is 17.5. The van der Waals surface area contributed by atoms with Crippen molar-refractivity contribution in [3.63, 3.8) is 0 Å². The van der Waals surface area contributed by atoms with Crippen LogP contribution in [0.5, 0.6) is 0 Å². The maximum atomic E-state index is 2.51. The average Bonchev–Trinajstić information content (AvgIpc) is 2.25. The van der Waals surface area contributed by atoms with Crippen LogP contribution in [-0.4, -0.2) is 25.8 Å². The van der Waals surface area contributed by atoms with Crippen molar-refractivity contribution in [2.24, 2.45) is 0 Å². The second kappa shape index (κ2) is 6.11. The third-order valence-corrected chi connectivity index (χ3v) is 14.7. The second-order valence-corrected chi connectivity index (χ2v) is 15.0. The van der Waals surface area contributed by atoms with Crippen molar-refractivity contribution >= 4 is 34.6 Å². The zero-order chi connectivity index (χ0) is 15.0. The summed E-state index contributed by atoms with van der Waals surface area (Å²) in [6.07, 6.45) is 0. The van der Waals surface area contributed by atoms with Crippen LogP contribution < -0.4 is 8.79 Å². The van der Waals surface area contributed by atoms with Gasteiger partial charge in [-0.25, -0.2) is 0 Å². The molecule has 0 aliphatic carbocycles. The molecule has 0 fully saturated rings. The Bertz CT molecular complexity index is 591. The first-order chi connectivity index (χ1) is 9.31. The molecule has 102 valence electrons. The Morgan fingerprint density at radius 3 is 1.10 bits per heavy atom. The molecule has 0 saturated heterocycles. The molecule has 0 bridgehead atoms. The van der Waals surface area contributed by atoms with Gasteiger partial charge in [-0.05, 0) is 0 Å². The number of benzene rings is 2. The van der Waals surface area contributed by atoms with Gasteiger partial charge in [0, 0.05) is 0 Å². The SMILES string of the molecule is Cc1cc(C)[c]([Ge](=[Ge])[c]2c(C)cc(C)cc2C)c(C)c1. The van der Waals surface area contributed by atoms with Crippen molar-refractivity contribution in [1.82, 2.24) is 0 Å². The summed E-state index contributed by atoms with van der Waals surface area (Å²) < 4.78 is 3.32. The van der Waals surface area contributed by atoms with Crippen molar-refractivity contribution in [2.75, 3.05) is 0 Å². The topological polar surface area (TPSA) is 0 Å². The van der Waals surface area contributed by atoms with Crippen molar-refractivity contribution in [1.29, 1.82) is 0 Å². The van der Waals surface area contributed by atoms with E-state index in [2.05, 4.69) is 79.8 Å². The van der Waals surface area contributed by atoms with Crippen molar-refractivity contribution in [3.05, 3.63) is 57.6 Å². The summed E-state index contributed by atoms with van der Waals surface area (Å²) >= 11 is 1.08. The molecule has 0 amide bonds. The Morgan fingerprint density at radius 1 is 0.600 bits per heavy atom. The molecule has 0 aromatic heterocycles. The van der Waals surface area contributed by atoms with Crippen LogP contribution in [0.2, 0.25) is 0 Å². The summed E-state index contributed by atoms with van der Waals surface area (Å²) in [5, 5.41) is 0. The van der Waals surface area contributed by atoms with Gasteiger partial charge in [0.05, 0.1) is 0 Å². The maximum absolute atomic E-state index is 2.51. The van der Waals surface area contributed by atoms with Crippen LogP contribution in [0.25, 0.3) is 0 Å². The van der Waals surface area contributed by atoms with Gasteiger partial charge in [-0.3, -0.25) is 0 Å². The van der Waals surface area contributed by atoms with Crippen LogP contribution in [0, 0.1) is 41.5 Å². The van der Waals surface area contributed by atoms with E-state index >= 15 is 0 Å². The number of aryl methyl sites for hydroxylation is 6. The summed E-state index contributed by atoms with van der Waals surface area (Å²) in [5.74, 6) is 0. The molecular formula is C18H22Ge2. The molecule has 0 spiro atoms. The van der Waals surface area contributed by atoms with Gasteiger partial charge >= 0.3 is 134 Å². The molecule has 0 heterocycles. The quantitative estimate of drug-likeness (QED) is 0.700. The van der Waals surface area contributed by atoms with E-state index in [4.69, 9.17) is 0 Å². The second-order valence-electron chi connectivity index (χ2n) is 5.92. The van der Waals surface area contributed by atoms with Crippen LogP contribution in [0.1, 0.15) is 33.4 Å². The molecule has 0 nitrogen and oxygen atoms in total. The fourth-order valence-electron chi connectivity index (χ4n) is 3.27. The third-order valence-electron chi connectivity index (χ3n) is 3.85. The molecule has 2 aromatic rings. The van der Waals surface area contributed by atoms with E-state index in [0.717, 1.165) is 0 Å². The monoisotopic (exact) mass is 386 g/mol. The third kappa shape index (κ3) is 3.06. The van der Waals surface area contributed by atoms with Crippen LogP contribution in [0.15, 0.2) is 24.3 Å². The van der Waals surface area contributed by atoms with E-state index in [0.29, 0.717) is 0 Å². The molecule has 0 aliphatic rings. The van der Waals surface area contributed by atoms with Crippen LogP contribution in [-0.2, 0) is 0 Å². The molecule has 0 atom stereocenters. The van der Waals surface area contributed by atoms with E-state index in [9.17, 15) is 0 Å². The van der Waals surface area contributed by atoms with Gasteiger partial charge < -0.3 is 0 Å². The van der Waals surface area contributed by atoms with Crippen LogP contribution in [0.3, 0.4) is 0 Å². The van der Waals surface area contributed by atoms with Gasteiger partial charge in [-0.2, -0.15) is 0 Å². The van der Waals surface area contributed by atoms with E-state index in [1.807, 2.05) is 0 Å². The Morgan fingerprint density at radius 2 is 0.850 bits per heavy atom. The minimum atomic E-state index is -1.43. The molecule has 2 heteroatoms. The molecule has 0 saturated carbocycles. The summed E-state index contributed by atoms with van der Waals surface area (Å²) in [6, 6.07) is 9.38. The first-order valence-electron chi connectivity index (χ1n) is 7.06. The molecule has 0 unspecified atom stereocenters. The predicted molar refractivity (Wildman–Crippen MR) is 92.1 cm³/mol. The van der Waals surface area contributed by atoms with Gasteiger partial charge in [0.25, 0.3) is 0 Å². The molecule has 0 aliphatic heterocycles. The number of hydrogen-bond acceptors (Lipinski definition) is 0. The van der Waals surface area contributed by atoms with E-state index in [1.165, 1.54) is 33.4 Å². The summed E-state index contributed by atoms with van der Waals surface area (Å²) in [6.45, 7) is 13.5. The van der Waals surface area contributed by atoms with Gasteiger partial charge in [0.1, 0.15) is 0 Å². The molecular weight excluding hydrogens is 361 g/mol. The Hall–Kier alpha value is -0.474. The van der Waals surface area contributed by atoms with E-state index in [1.54, 1.807) is 8.79 Å². The van der Waals surface area contributed by atoms with Gasteiger partial charge in [0.15, 0.2) is 0 Å². The molecule has 2 aromatic carbocycles. The summed E-state index contributed by atoms with van der Waals surface area (Å²) in [7, 11) is 0. The van der Waals surface area contributed by atoms with Gasteiger partial charge in [-0.15, -0.1) is 0 Å². The van der Waals surface area contributed by atoms with Crippen molar-refractivity contribution in [2.45, 2.75) is 41.5 Å². The molecule has 2 radical (unpaired) electrons. The van der Waals surface area contributed by atoms with E-state index in [-0.39, 0.29) is 0 Å². The van der Waals surface area contributed by atoms with E-state index < -0.39 is 11.8 Å². The fourth-order valence-corrected chi connectivity index (χ4v) is 16.3. The number of hydrogen-bond donors (Lipinski definition) is 0. The van der Waals surface area contributed by atoms with Gasteiger partial charge in [0.2, 0.25) is 0 Å². The first-order valence-corrected chi connectivity index (χ1v) is 15.7. The molecule has 20 heavy (non-hydrogen) atoms. The Balaban J connectivity index is 2.64. The Kier molecular flexibility index (Phi) is 4.86. The summed E-state index contributed by atoms with van der Waals surface area (Å²) in [5.41, 5.74) is 8.71. The molecule has 0 N–H and O–H groups in total. The van der Waals surface area contributed by atoms with Crippen molar-refractivity contribution in [3.8, 4) is 0 Å². The normalized spacial score (nSPS) is 10.7. The van der Waals surface area contributed by atoms with Crippen molar-refractivity contribution < 1.29 is 0 Å². The Labute approximate surface area is 133 Å². The number of rotatable bonds is 2. The average molecular weight is 384 g/mol. The summed E-state index contributed by atoms with van der Waals surface area (Å²) in [4.78, 5) is 0. The minimum absolute atomic E-state index is 1.38. The van der Waals surface area contributed by atoms with Crippen LogP contribution >= 0.6 is 0 Å². The first kappa shape index (κ1) is 15.9. The standard InChI is InChI=1S/C18H22Ge2/c1-11-7-13(3)17(14(4)8-11)20(19)18-15(5)9-12(2)10-16(18)6/h7-10H,1-6H3. The fraction of sp³-hybridized carbons (Fsp3) is 0.333. The zero-order valence-electron chi connectivity index (χ0n) is 13.3.